The van der Waals surface area contributed by atoms with E-state index in [1.807, 2.05) is 20.8 Å². The van der Waals surface area contributed by atoms with Crippen LogP contribution in [0.4, 0.5) is 0 Å². The zero-order valence-electron chi connectivity index (χ0n) is 15.5. The fraction of sp³-hybridized carbons (Fsp3) is 0.600. The van der Waals surface area contributed by atoms with Gasteiger partial charge in [0.15, 0.2) is 0 Å². The van der Waals surface area contributed by atoms with Gasteiger partial charge in [0.2, 0.25) is 0 Å². The molecule has 0 radical (unpaired) electrons. The van der Waals surface area contributed by atoms with Gasteiger partial charge in [-0.1, -0.05) is 53.2 Å². The molecule has 4 nitrogen and oxygen atoms in total. The predicted molar refractivity (Wildman–Crippen MR) is 95.1 cm³/mol. The fourth-order valence-electron chi connectivity index (χ4n) is 2.60. The third-order valence-corrected chi connectivity index (χ3v) is 3.95. The van der Waals surface area contributed by atoms with Crippen molar-refractivity contribution < 1.29 is 19.1 Å². The molecule has 0 aliphatic rings. The molecule has 0 aliphatic carbocycles. The lowest BCUT2D eigenvalue weighted by atomic mass is 9.97. The Morgan fingerprint density at radius 2 is 1.58 bits per heavy atom. The molecule has 1 aromatic rings. The third-order valence-electron chi connectivity index (χ3n) is 3.95. The maximum atomic E-state index is 12.6. The van der Waals surface area contributed by atoms with Crippen LogP contribution in [0, 0.1) is 11.8 Å². The highest BCUT2D eigenvalue weighted by Gasteiger charge is 2.24. The molecule has 0 saturated heterocycles. The summed E-state index contributed by atoms with van der Waals surface area (Å²) in [6, 6.07) is 6.67. The standard InChI is InChI=1S/C20H30O4/c1-6-10-15(5)18(7-2)24-20(22)17-12-9-8-11-16(17)19(21)23-13-14(3)4/h8-9,11-12,14-15,18H,6-7,10,13H2,1-5H3. The fourth-order valence-corrected chi connectivity index (χ4v) is 2.60. The molecule has 0 amide bonds. The topological polar surface area (TPSA) is 52.6 Å². The highest BCUT2D eigenvalue weighted by atomic mass is 16.5. The number of ether oxygens (including phenoxy) is 2. The minimum Gasteiger partial charge on any atom is -0.462 e. The number of esters is 2. The Morgan fingerprint density at radius 3 is 2.08 bits per heavy atom. The molecule has 0 bridgehead atoms. The van der Waals surface area contributed by atoms with E-state index >= 15 is 0 Å². The number of rotatable bonds is 9. The van der Waals surface area contributed by atoms with E-state index in [9.17, 15) is 9.59 Å². The van der Waals surface area contributed by atoms with Crippen LogP contribution in [0.5, 0.6) is 0 Å². The number of carbonyl (C=O) groups is 2. The molecule has 2 atom stereocenters. The minimum absolute atomic E-state index is 0.141. The number of carbonyl (C=O) groups excluding carboxylic acids is 2. The van der Waals surface area contributed by atoms with Crippen LogP contribution in [-0.4, -0.2) is 24.6 Å². The van der Waals surface area contributed by atoms with Crippen LogP contribution in [0.3, 0.4) is 0 Å². The van der Waals surface area contributed by atoms with Gasteiger partial charge in [0, 0.05) is 0 Å². The van der Waals surface area contributed by atoms with Crippen molar-refractivity contribution in [2.24, 2.45) is 11.8 Å². The van der Waals surface area contributed by atoms with Crippen LogP contribution in [0.2, 0.25) is 0 Å². The average molecular weight is 334 g/mol. The van der Waals surface area contributed by atoms with Gasteiger partial charge in [-0.2, -0.15) is 0 Å². The molecule has 4 heteroatoms. The summed E-state index contributed by atoms with van der Waals surface area (Å²) in [5.74, 6) is -0.399. The Morgan fingerprint density at radius 1 is 1.00 bits per heavy atom. The Hall–Kier alpha value is -1.84. The summed E-state index contributed by atoms with van der Waals surface area (Å²) in [5.41, 5.74) is 0.537. The molecule has 1 aromatic carbocycles. The van der Waals surface area contributed by atoms with Crippen molar-refractivity contribution in [3.05, 3.63) is 35.4 Å². The van der Waals surface area contributed by atoms with E-state index in [1.54, 1.807) is 24.3 Å². The highest BCUT2D eigenvalue weighted by Crippen LogP contribution is 2.20. The van der Waals surface area contributed by atoms with Crippen molar-refractivity contribution in [1.82, 2.24) is 0 Å². The third kappa shape index (κ3) is 5.99. The van der Waals surface area contributed by atoms with Crippen LogP contribution < -0.4 is 0 Å². The largest absolute Gasteiger partial charge is 0.462 e. The Bertz CT molecular complexity index is 536. The normalized spacial score (nSPS) is 13.4. The van der Waals surface area contributed by atoms with Crippen LogP contribution in [0.25, 0.3) is 0 Å². The molecule has 0 spiro atoms. The van der Waals surface area contributed by atoms with Crippen LogP contribution >= 0.6 is 0 Å². The number of benzene rings is 1. The summed E-state index contributed by atoms with van der Waals surface area (Å²) >= 11 is 0. The Kier molecular flexibility index (Phi) is 8.51. The molecule has 1 rings (SSSR count). The summed E-state index contributed by atoms with van der Waals surface area (Å²) in [6.07, 6.45) is 2.67. The molecule has 24 heavy (non-hydrogen) atoms. The van der Waals surface area contributed by atoms with Gasteiger partial charge in [-0.25, -0.2) is 9.59 Å². The lowest BCUT2D eigenvalue weighted by Crippen LogP contribution is -2.26. The molecule has 134 valence electrons. The smallest absolute Gasteiger partial charge is 0.339 e. The van der Waals surface area contributed by atoms with E-state index in [2.05, 4.69) is 13.8 Å². The van der Waals surface area contributed by atoms with Crippen molar-refractivity contribution in [3.8, 4) is 0 Å². The average Bonchev–Trinajstić information content (AvgIpc) is 2.57. The van der Waals surface area contributed by atoms with Crippen molar-refractivity contribution >= 4 is 11.9 Å². The molecule has 0 aliphatic heterocycles. The Labute approximate surface area is 145 Å². The zero-order valence-corrected chi connectivity index (χ0v) is 15.5. The first kappa shape index (κ1) is 20.2. The van der Waals surface area contributed by atoms with Crippen molar-refractivity contribution in [2.75, 3.05) is 6.61 Å². The van der Waals surface area contributed by atoms with Crippen LogP contribution in [0.15, 0.2) is 24.3 Å². The molecule has 2 unspecified atom stereocenters. The lowest BCUT2D eigenvalue weighted by molar-refractivity contribution is 0.0131. The Balaban J connectivity index is 2.89. The summed E-state index contributed by atoms with van der Waals surface area (Å²) < 4.78 is 10.9. The molecular weight excluding hydrogens is 304 g/mol. The zero-order chi connectivity index (χ0) is 18.1. The highest BCUT2D eigenvalue weighted by molar-refractivity contribution is 6.03. The van der Waals surface area contributed by atoms with Gasteiger partial charge in [-0.3, -0.25) is 0 Å². The summed E-state index contributed by atoms with van der Waals surface area (Å²) in [7, 11) is 0. The van der Waals surface area contributed by atoms with Crippen molar-refractivity contribution in [2.45, 2.75) is 60.0 Å². The van der Waals surface area contributed by atoms with Gasteiger partial charge in [0.1, 0.15) is 6.10 Å². The molecular formula is C20H30O4. The molecule has 0 aromatic heterocycles. The lowest BCUT2D eigenvalue weighted by Gasteiger charge is -2.23. The second-order valence-corrected chi connectivity index (χ2v) is 6.66. The van der Waals surface area contributed by atoms with Gasteiger partial charge in [0.25, 0.3) is 0 Å². The van der Waals surface area contributed by atoms with Crippen molar-refractivity contribution in [1.29, 1.82) is 0 Å². The molecule has 0 heterocycles. The van der Waals surface area contributed by atoms with Crippen LogP contribution in [0.1, 0.15) is 74.6 Å². The second-order valence-electron chi connectivity index (χ2n) is 6.66. The number of hydrogen-bond donors (Lipinski definition) is 0. The summed E-state index contributed by atoms with van der Waals surface area (Å²) in [4.78, 5) is 24.8. The number of hydrogen-bond acceptors (Lipinski definition) is 4. The van der Waals surface area contributed by atoms with Crippen molar-refractivity contribution in [3.63, 3.8) is 0 Å². The maximum absolute atomic E-state index is 12.6. The van der Waals surface area contributed by atoms with Gasteiger partial charge in [0.05, 0.1) is 17.7 Å². The first-order valence-electron chi connectivity index (χ1n) is 8.87. The quantitative estimate of drug-likeness (QED) is 0.605. The SMILES string of the molecule is CCCC(C)C(CC)OC(=O)c1ccccc1C(=O)OCC(C)C. The van der Waals surface area contributed by atoms with E-state index in [-0.39, 0.29) is 23.1 Å². The van der Waals surface area contributed by atoms with Gasteiger partial charge in [-0.15, -0.1) is 0 Å². The first-order chi connectivity index (χ1) is 11.4. The maximum Gasteiger partial charge on any atom is 0.339 e. The monoisotopic (exact) mass is 334 g/mol. The van der Waals surface area contributed by atoms with E-state index < -0.39 is 11.9 Å². The van der Waals surface area contributed by atoms with Gasteiger partial charge in [-0.05, 0) is 36.8 Å². The van der Waals surface area contributed by atoms with E-state index in [0.29, 0.717) is 12.5 Å². The first-order valence-corrected chi connectivity index (χ1v) is 8.87. The van der Waals surface area contributed by atoms with Gasteiger partial charge >= 0.3 is 11.9 Å². The van der Waals surface area contributed by atoms with E-state index in [4.69, 9.17) is 9.47 Å². The minimum atomic E-state index is -0.481. The summed E-state index contributed by atoms with van der Waals surface area (Å²) in [6.45, 7) is 10.5. The van der Waals surface area contributed by atoms with E-state index in [1.165, 1.54) is 0 Å². The predicted octanol–water partition coefficient (Wildman–Crippen LogP) is 4.87. The van der Waals surface area contributed by atoms with Gasteiger partial charge < -0.3 is 9.47 Å². The van der Waals surface area contributed by atoms with Crippen LogP contribution in [-0.2, 0) is 9.47 Å². The molecule has 0 saturated carbocycles. The summed E-state index contributed by atoms with van der Waals surface area (Å²) in [5, 5.41) is 0. The molecule has 0 N–H and O–H groups in total. The second kappa shape index (κ2) is 10.1. The van der Waals surface area contributed by atoms with E-state index in [0.717, 1.165) is 19.3 Å². The molecule has 0 fully saturated rings.